The van der Waals surface area contributed by atoms with Crippen LogP contribution in [-0.4, -0.2) is 33.1 Å². The molecular weight excluding hydrogens is 242 g/mol. The van der Waals surface area contributed by atoms with Crippen LogP contribution >= 0.6 is 0 Å². The van der Waals surface area contributed by atoms with Gasteiger partial charge in [0.1, 0.15) is 18.2 Å². The average molecular weight is 265 g/mol. The van der Waals surface area contributed by atoms with Gasteiger partial charge in [-0.25, -0.2) is 9.97 Å². The zero-order chi connectivity index (χ0) is 14.8. The Morgan fingerprint density at radius 1 is 1.37 bits per heavy atom. The van der Waals surface area contributed by atoms with Crippen molar-refractivity contribution in [3.8, 4) is 0 Å². The third-order valence-corrected chi connectivity index (χ3v) is 2.75. The van der Waals surface area contributed by atoms with E-state index >= 15 is 0 Å². The standard InChI is InChI=1S/C14H23N3O2/c1-9(2)13-15-10(3)7-11(16-13)17(8-12(18)19)14(4,5)6/h7,9H,8H2,1-6H3,(H,18,19). The minimum absolute atomic E-state index is 0.0719. The van der Waals surface area contributed by atoms with Crippen LogP contribution < -0.4 is 4.90 Å². The first kappa shape index (κ1) is 15.4. The molecule has 1 N–H and O–H groups in total. The van der Waals surface area contributed by atoms with Crippen LogP contribution in [0, 0.1) is 6.92 Å². The van der Waals surface area contributed by atoms with E-state index in [1.807, 2.05) is 47.6 Å². The fourth-order valence-corrected chi connectivity index (χ4v) is 1.77. The molecule has 1 aromatic heterocycles. The molecule has 0 aromatic carbocycles. The van der Waals surface area contributed by atoms with Crippen molar-refractivity contribution < 1.29 is 9.90 Å². The molecule has 19 heavy (non-hydrogen) atoms. The smallest absolute Gasteiger partial charge is 0.323 e. The molecule has 1 rings (SSSR count). The van der Waals surface area contributed by atoms with Crippen LogP contribution in [0.4, 0.5) is 5.82 Å². The number of rotatable bonds is 4. The Balaban J connectivity index is 3.26. The van der Waals surface area contributed by atoms with Gasteiger partial charge >= 0.3 is 5.97 Å². The van der Waals surface area contributed by atoms with Crippen LogP contribution in [0.5, 0.6) is 0 Å². The number of aliphatic carboxylic acids is 1. The van der Waals surface area contributed by atoms with Gasteiger partial charge in [0.15, 0.2) is 0 Å². The summed E-state index contributed by atoms with van der Waals surface area (Å²) in [5.74, 6) is 0.767. The van der Waals surface area contributed by atoms with E-state index in [4.69, 9.17) is 5.11 Å². The molecule has 0 aliphatic carbocycles. The van der Waals surface area contributed by atoms with Gasteiger partial charge in [0.25, 0.3) is 0 Å². The molecule has 1 heterocycles. The Morgan fingerprint density at radius 2 is 1.95 bits per heavy atom. The topological polar surface area (TPSA) is 66.3 Å². The molecule has 0 amide bonds. The summed E-state index contributed by atoms with van der Waals surface area (Å²) in [6.07, 6.45) is 0. The number of hydrogen-bond donors (Lipinski definition) is 1. The first-order valence-electron chi connectivity index (χ1n) is 6.46. The number of anilines is 1. The summed E-state index contributed by atoms with van der Waals surface area (Å²) < 4.78 is 0. The Kier molecular flexibility index (Phi) is 4.50. The third-order valence-electron chi connectivity index (χ3n) is 2.75. The van der Waals surface area contributed by atoms with Gasteiger partial charge in [-0.05, 0) is 27.7 Å². The number of carbonyl (C=O) groups is 1. The van der Waals surface area contributed by atoms with Crippen molar-refractivity contribution >= 4 is 11.8 Å². The molecule has 0 saturated carbocycles. The second kappa shape index (κ2) is 5.55. The largest absolute Gasteiger partial charge is 0.480 e. The average Bonchev–Trinajstić information content (AvgIpc) is 2.23. The second-order valence-corrected chi connectivity index (χ2v) is 6.03. The van der Waals surface area contributed by atoms with Gasteiger partial charge in [-0.2, -0.15) is 0 Å². The zero-order valence-corrected chi connectivity index (χ0v) is 12.6. The quantitative estimate of drug-likeness (QED) is 0.906. The molecule has 0 bridgehead atoms. The van der Waals surface area contributed by atoms with Crippen molar-refractivity contribution in [3.05, 3.63) is 17.6 Å². The maximum Gasteiger partial charge on any atom is 0.323 e. The number of carboxylic acid groups (broad SMARTS) is 1. The van der Waals surface area contributed by atoms with E-state index in [1.165, 1.54) is 0 Å². The van der Waals surface area contributed by atoms with Gasteiger partial charge in [0.2, 0.25) is 0 Å². The molecule has 0 atom stereocenters. The van der Waals surface area contributed by atoms with Crippen molar-refractivity contribution in [2.24, 2.45) is 0 Å². The van der Waals surface area contributed by atoms with Gasteiger partial charge in [-0.3, -0.25) is 4.79 Å². The Labute approximate surface area is 114 Å². The minimum Gasteiger partial charge on any atom is -0.480 e. The van der Waals surface area contributed by atoms with Crippen molar-refractivity contribution in [2.75, 3.05) is 11.4 Å². The normalized spacial score (nSPS) is 11.7. The Morgan fingerprint density at radius 3 is 2.37 bits per heavy atom. The summed E-state index contributed by atoms with van der Waals surface area (Å²) in [5.41, 5.74) is 0.543. The van der Waals surface area contributed by atoms with Crippen molar-refractivity contribution in [1.82, 2.24) is 9.97 Å². The van der Waals surface area contributed by atoms with Gasteiger partial charge < -0.3 is 10.0 Å². The van der Waals surface area contributed by atoms with E-state index < -0.39 is 5.97 Å². The highest BCUT2D eigenvalue weighted by Gasteiger charge is 2.26. The molecule has 5 heteroatoms. The molecule has 0 unspecified atom stereocenters. The van der Waals surface area contributed by atoms with Crippen LogP contribution in [0.2, 0.25) is 0 Å². The van der Waals surface area contributed by atoms with Crippen molar-refractivity contribution in [3.63, 3.8) is 0 Å². The van der Waals surface area contributed by atoms with Crippen LogP contribution in [0.1, 0.15) is 52.1 Å². The predicted molar refractivity (Wildman–Crippen MR) is 75.6 cm³/mol. The third kappa shape index (κ3) is 4.19. The maximum atomic E-state index is 11.0. The lowest BCUT2D eigenvalue weighted by Crippen LogP contribution is -2.45. The highest BCUT2D eigenvalue weighted by Crippen LogP contribution is 2.23. The van der Waals surface area contributed by atoms with Gasteiger partial charge in [0.05, 0.1) is 0 Å². The lowest BCUT2D eigenvalue weighted by molar-refractivity contribution is -0.135. The zero-order valence-electron chi connectivity index (χ0n) is 12.6. The first-order chi connectivity index (χ1) is 8.61. The number of hydrogen-bond acceptors (Lipinski definition) is 4. The maximum absolute atomic E-state index is 11.0. The highest BCUT2D eigenvalue weighted by molar-refractivity contribution is 5.73. The first-order valence-corrected chi connectivity index (χ1v) is 6.46. The summed E-state index contributed by atoms with van der Waals surface area (Å²) in [5, 5.41) is 9.07. The lowest BCUT2D eigenvalue weighted by Gasteiger charge is -2.35. The summed E-state index contributed by atoms with van der Waals surface area (Å²) in [7, 11) is 0. The van der Waals surface area contributed by atoms with Crippen molar-refractivity contribution in [2.45, 2.75) is 53.0 Å². The van der Waals surface area contributed by atoms with Gasteiger partial charge in [0, 0.05) is 23.2 Å². The van der Waals surface area contributed by atoms with Crippen LogP contribution in [0.25, 0.3) is 0 Å². The molecule has 0 aliphatic rings. The number of nitrogens with zero attached hydrogens (tertiary/aromatic N) is 3. The predicted octanol–water partition coefficient (Wildman–Crippen LogP) is 2.60. The molecule has 0 saturated heterocycles. The molecule has 0 fully saturated rings. The Hall–Kier alpha value is -1.65. The van der Waals surface area contributed by atoms with E-state index in [0.717, 1.165) is 11.5 Å². The van der Waals surface area contributed by atoms with E-state index in [1.54, 1.807) is 4.90 Å². The van der Waals surface area contributed by atoms with E-state index in [2.05, 4.69) is 9.97 Å². The number of aryl methyl sites for hydroxylation is 1. The molecule has 0 aliphatic heterocycles. The Bertz CT molecular complexity index is 464. The van der Waals surface area contributed by atoms with Crippen LogP contribution in [0.3, 0.4) is 0 Å². The number of aromatic nitrogens is 2. The van der Waals surface area contributed by atoms with Crippen LogP contribution in [0.15, 0.2) is 6.07 Å². The molecule has 0 radical (unpaired) electrons. The van der Waals surface area contributed by atoms with Crippen LogP contribution in [-0.2, 0) is 4.79 Å². The van der Waals surface area contributed by atoms with E-state index in [-0.39, 0.29) is 18.0 Å². The summed E-state index contributed by atoms with van der Waals surface area (Å²) >= 11 is 0. The fourth-order valence-electron chi connectivity index (χ4n) is 1.77. The minimum atomic E-state index is -0.864. The summed E-state index contributed by atoms with van der Waals surface area (Å²) in [4.78, 5) is 21.7. The molecule has 0 spiro atoms. The van der Waals surface area contributed by atoms with Crippen molar-refractivity contribution in [1.29, 1.82) is 0 Å². The second-order valence-electron chi connectivity index (χ2n) is 6.03. The van der Waals surface area contributed by atoms with Gasteiger partial charge in [-0.15, -0.1) is 0 Å². The SMILES string of the molecule is Cc1cc(N(CC(=O)O)C(C)(C)C)nc(C(C)C)n1. The molecule has 1 aromatic rings. The van der Waals surface area contributed by atoms with Gasteiger partial charge in [-0.1, -0.05) is 13.8 Å². The molecule has 106 valence electrons. The molecule has 5 nitrogen and oxygen atoms in total. The number of carboxylic acids is 1. The van der Waals surface area contributed by atoms with E-state index in [9.17, 15) is 4.79 Å². The van der Waals surface area contributed by atoms with E-state index in [0.29, 0.717) is 5.82 Å². The monoisotopic (exact) mass is 265 g/mol. The molecular formula is C14H23N3O2. The summed E-state index contributed by atoms with van der Waals surface area (Å²) in [6, 6.07) is 1.83. The lowest BCUT2D eigenvalue weighted by atomic mass is 10.1. The summed E-state index contributed by atoms with van der Waals surface area (Å²) in [6.45, 7) is 11.8. The fraction of sp³-hybridized carbons (Fsp3) is 0.643. The highest BCUT2D eigenvalue weighted by atomic mass is 16.4.